The van der Waals surface area contributed by atoms with E-state index in [1.165, 1.54) is 7.11 Å². The van der Waals surface area contributed by atoms with Crippen LogP contribution in [0.1, 0.15) is 33.1 Å². The lowest BCUT2D eigenvalue weighted by molar-refractivity contribution is 0.0589. The van der Waals surface area contributed by atoms with Gasteiger partial charge in [0, 0.05) is 49.2 Å². The smallest absolute Gasteiger partial charge is 0.355 e. The molecular weight excluding hydrogens is 400 g/mol. The summed E-state index contributed by atoms with van der Waals surface area (Å²) < 4.78 is 12.5. The Hall–Kier alpha value is -3.73. The molecule has 1 unspecified atom stereocenters. The number of rotatable bonds is 6. The van der Waals surface area contributed by atoms with Gasteiger partial charge < -0.3 is 18.9 Å². The molecule has 164 valence electrons. The van der Waals surface area contributed by atoms with Crippen molar-refractivity contribution in [2.45, 2.75) is 5.92 Å². The number of nitrogens with zero attached hydrogens (tertiary/aromatic N) is 2. The number of esters is 1. The van der Waals surface area contributed by atoms with Gasteiger partial charge in [0.15, 0.2) is 0 Å². The molecule has 0 saturated carbocycles. The van der Waals surface area contributed by atoms with Gasteiger partial charge in [0.1, 0.15) is 11.4 Å². The molecule has 4 aromatic rings. The minimum atomic E-state index is -0.345. The van der Waals surface area contributed by atoms with Gasteiger partial charge in [0.05, 0.1) is 14.2 Å². The molecular formula is C27H28N2O3. The molecule has 0 bridgehead atoms. The van der Waals surface area contributed by atoms with Gasteiger partial charge in [0.2, 0.25) is 0 Å². The summed E-state index contributed by atoms with van der Waals surface area (Å²) in [6, 6.07) is 24.6. The van der Waals surface area contributed by atoms with Crippen LogP contribution in [-0.2, 0) is 11.8 Å². The highest BCUT2D eigenvalue weighted by Crippen LogP contribution is 2.40. The number of anilines is 1. The average molecular weight is 429 g/mol. The monoisotopic (exact) mass is 428 g/mol. The summed E-state index contributed by atoms with van der Waals surface area (Å²) >= 11 is 0. The van der Waals surface area contributed by atoms with Crippen molar-refractivity contribution in [1.29, 1.82) is 0 Å². The van der Waals surface area contributed by atoms with Gasteiger partial charge in [-0.05, 0) is 41.5 Å². The molecule has 0 amide bonds. The summed E-state index contributed by atoms with van der Waals surface area (Å²) in [7, 11) is 9.05. The number of hydrogen-bond donors (Lipinski definition) is 0. The van der Waals surface area contributed by atoms with Gasteiger partial charge in [-0.25, -0.2) is 4.79 Å². The van der Waals surface area contributed by atoms with Crippen molar-refractivity contribution in [2.24, 2.45) is 7.05 Å². The Morgan fingerprint density at radius 2 is 1.47 bits per heavy atom. The Bertz CT molecular complexity index is 1240. The third kappa shape index (κ3) is 3.71. The van der Waals surface area contributed by atoms with Crippen molar-refractivity contribution >= 4 is 22.6 Å². The summed E-state index contributed by atoms with van der Waals surface area (Å²) in [5, 5.41) is 1.04. The standard InChI is InChI=1S/C27H28N2O3/c1-28(2)20-14-10-18(11-15-20)24(19-12-16-21(31-4)17-13-19)25-22-8-6-7-9-23(22)29(3)26(25)27(30)32-5/h6-17,24H,1-5H3. The first-order valence-electron chi connectivity index (χ1n) is 10.5. The lowest BCUT2D eigenvalue weighted by Crippen LogP contribution is -2.14. The van der Waals surface area contributed by atoms with E-state index in [1.54, 1.807) is 7.11 Å². The number of ether oxygens (including phenoxy) is 2. The quantitative estimate of drug-likeness (QED) is 0.395. The molecule has 0 fully saturated rings. The van der Waals surface area contributed by atoms with Gasteiger partial charge in [-0.3, -0.25) is 0 Å². The van der Waals surface area contributed by atoms with E-state index in [-0.39, 0.29) is 11.9 Å². The maximum Gasteiger partial charge on any atom is 0.355 e. The molecule has 5 nitrogen and oxygen atoms in total. The second-order valence-electron chi connectivity index (χ2n) is 8.02. The number of para-hydroxylation sites is 1. The van der Waals surface area contributed by atoms with Gasteiger partial charge in [-0.1, -0.05) is 42.5 Å². The molecule has 1 atom stereocenters. The third-order valence-electron chi connectivity index (χ3n) is 6.01. The summed E-state index contributed by atoms with van der Waals surface area (Å²) in [6.07, 6.45) is 0. The zero-order valence-corrected chi connectivity index (χ0v) is 19.1. The highest BCUT2D eigenvalue weighted by Gasteiger charge is 2.29. The number of aryl methyl sites for hydroxylation is 1. The number of hydrogen-bond acceptors (Lipinski definition) is 4. The van der Waals surface area contributed by atoms with Crippen molar-refractivity contribution < 1.29 is 14.3 Å². The molecule has 3 aromatic carbocycles. The predicted octanol–water partition coefficient (Wildman–Crippen LogP) is 5.22. The van der Waals surface area contributed by atoms with Crippen LogP contribution in [0.4, 0.5) is 5.69 Å². The van der Waals surface area contributed by atoms with E-state index in [1.807, 2.05) is 56.0 Å². The Balaban J connectivity index is 2.02. The summed E-state index contributed by atoms with van der Waals surface area (Å²) in [5.41, 5.74) is 5.79. The van der Waals surface area contributed by atoms with E-state index in [0.29, 0.717) is 5.69 Å². The van der Waals surface area contributed by atoms with Crippen LogP contribution in [0.15, 0.2) is 72.8 Å². The Morgan fingerprint density at radius 1 is 0.875 bits per heavy atom. The molecule has 1 aromatic heterocycles. The van der Waals surface area contributed by atoms with Gasteiger partial charge in [0.25, 0.3) is 0 Å². The molecule has 0 radical (unpaired) electrons. The van der Waals surface area contributed by atoms with E-state index in [0.717, 1.165) is 39.0 Å². The molecule has 0 aliphatic heterocycles. The molecule has 0 N–H and O–H groups in total. The summed E-state index contributed by atoms with van der Waals surface area (Å²) in [5.74, 6) is 0.293. The van der Waals surface area contributed by atoms with E-state index in [9.17, 15) is 4.79 Å². The zero-order chi connectivity index (χ0) is 22.8. The fourth-order valence-corrected chi connectivity index (χ4v) is 4.35. The Morgan fingerprint density at radius 3 is 2.03 bits per heavy atom. The van der Waals surface area contributed by atoms with Gasteiger partial charge in [-0.2, -0.15) is 0 Å². The molecule has 0 spiro atoms. The van der Waals surface area contributed by atoms with Crippen molar-refractivity contribution in [2.75, 3.05) is 33.2 Å². The number of aromatic nitrogens is 1. The second kappa shape index (κ2) is 8.79. The fraction of sp³-hybridized carbons (Fsp3) is 0.222. The van der Waals surface area contributed by atoms with Crippen LogP contribution in [-0.4, -0.2) is 38.9 Å². The first-order chi connectivity index (χ1) is 15.5. The highest BCUT2D eigenvalue weighted by atomic mass is 16.5. The van der Waals surface area contributed by atoms with Crippen LogP contribution >= 0.6 is 0 Å². The second-order valence-corrected chi connectivity index (χ2v) is 8.02. The number of fused-ring (bicyclic) bond motifs is 1. The SMILES string of the molecule is COC(=O)c1c(C(c2ccc(OC)cc2)c2ccc(N(C)C)cc2)c2ccccc2n1C. The number of carbonyl (C=O) groups excluding carboxylic acids is 1. The lowest BCUT2D eigenvalue weighted by Gasteiger charge is -2.21. The van der Waals surface area contributed by atoms with Gasteiger partial charge in [-0.15, -0.1) is 0 Å². The van der Waals surface area contributed by atoms with Crippen LogP contribution in [0, 0.1) is 0 Å². The normalized spacial score (nSPS) is 11.9. The van der Waals surface area contributed by atoms with E-state index in [4.69, 9.17) is 9.47 Å². The Kier molecular flexibility index (Phi) is 5.91. The van der Waals surface area contributed by atoms with Crippen LogP contribution < -0.4 is 9.64 Å². The van der Waals surface area contributed by atoms with Crippen LogP contribution in [0.2, 0.25) is 0 Å². The van der Waals surface area contributed by atoms with Crippen molar-refractivity contribution in [3.05, 3.63) is 95.2 Å². The van der Waals surface area contributed by atoms with E-state index < -0.39 is 0 Å². The van der Waals surface area contributed by atoms with Crippen molar-refractivity contribution in [3.63, 3.8) is 0 Å². The first kappa shape index (κ1) is 21.5. The van der Waals surface area contributed by atoms with Crippen molar-refractivity contribution in [3.8, 4) is 5.75 Å². The van der Waals surface area contributed by atoms with E-state index in [2.05, 4.69) is 47.4 Å². The zero-order valence-electron chi connectivity index (χ0n) is 19.1. The topological polar surface area (TPSA) is 43.7 Å². The molecule has 4 rings (SSSR count). The highest BCUT2D eigenvalue weighted by molar-refractivity contribution is 6.00. The van der Waals surface area contributed by atoms with Crippen LogP contribution in [0.3, 0.4) is 0 Å². The molecule has 0 aliphatic rings. The maximum atomic E-state index is 13.0. The molecule has 0 saturated heterocycles. The molecule has 0 aliphatic carbocycles. The maximum absolute atomic E-state index is 13.0. The van der Waals surface area contributed by atoms with E-state index >= 15 is 0 Å². The third-order valence-corrected chi connectivity index (χ3v) is 6.01. The average Bonchev–Trinajstić information content (AvgIpc) is 3.12. The van der Waals surface area contributed by atoms with Crippen LogP contribution in [0.25, 0.3) is 10.9 Å². The summed E-state index contributed by atoms with van der Waals surface area (Å²) in [6.45, 7) is 0. The molecule has 5 heteroatoms. The predicted molar refractivity (Wildman–Crippen MR) is 129 cm³/mol. The largest absolute Gasteiger partial charge is 0.497 e. The molecule has 1 heterocycles. The Labute approximate surface area is 188 Å². The number of benzene rings is 3. The number of carbonyl (C=O) groups is 1. The summed E-state index contributed by atoms with van der Waals surface area (Å²) in [4.78, 5) is 15.0. The minimum absolute atomic E-state index is 0.155. The number of methoxy groups -OCH3 is 2. The van der Waals surface area contributed by atoms with Crippen molar-refractivity contribution in [1.82, 2.24) is 4.57 Å². The lowest BCUT2D eigenvalue weighted by atomic mass is 9.83. The first-order valence-corrected chi connectivity index (χ1v) is 10.5. The molecule has 32 heavy (non-hydrogen) atoms. The van der Waals surface area contributed by atoms with Crippen LogP contribution in [0.5, 0.6) is 5.75 Å². The fourth-order valence-electron chi connectivity index (χ4n) is 4.35. The minimum Gasteiger partial charge on any atom is -0.497 e. The van der Waals surface area contributed by atoms with Gasteiger partial charge >= 0.3 is 5.97 Å².